The zero-order chi connectivity index (χ0) is 11.7. The van der Waals surface area contributed by atoms with Gasteiger partial charge in [0.05, 0.1) is 5.69 Å². The summed E-state index contributed by atoms with van der Waals surface area (Å²) in [5.74, 6) is 0.610. The lowest BCUT2D eigenvalue weighted by Crippen LogP contribution is -2.17. The van der Waals surface area contributed by atoms with Crippen molar-refractivity contribution in [2.75, 3.05) is 5.32 Å². The second-order valence-corrected chi connectivity index (χ2v) is 4.27. The monoisotopic (exact) mass is 217 g/mol. The molecule has 1 heterocycles. The molecule has 3 N–H and O–H groups in total. The van der Waals surface area contributed by atoms with E-state index >= 15 is 0 Å². The van der Waals surface area contributed by atoms with E-state index in [-0.39, 0.29) is 11.8 Å². The number of amidine groups is 1. The van der Waals surface area contributed by atoms with Gasteiger partial charge in [-0.2, -0.15) is 0 Å². The molecule has 1 amide bonds. The van der Waals surface area contributed by atoms with Crippen LogP contribution in [0.4, 0.5) is 11.4 Å². The van der Waals surface area contributed by atoms with Crippen molar-refractivity contribution < 1.29 is 4.79 Å². The van der Waals surface area contributed by atoms with Crippen LogP contribution in [0.25, 0.3) is 0 Å². The summed E-state index contributed by atoms with van der Waals surface area (Å²) >= 11 is 0. The molecule has 4 nitrogen and oxygen atoms in total. The van der Waals surface area contributed by atoms with Crippen LogP contribution in [0.2, 0.25) is 0 Å². The first-order valence-electron chi connectivity index (χ1n) is 5.33. The predicted octanol–water partition coefficient (Wildman–Crippen LogP) is 1.83. The van der Waals surface area contributed by atoms with Crippen LogP contribution in [-0.2, 0) is 11.2 Å². The number of nitrogens with one attached hydrogen (secondary N) is 1. The van der Waals surface area contributed by atoms with E-state index in [2.05, 4.69) is 10.3 Å². The second kappa shape index (κ2) is 3.96. The van der Waals surface area contributed by atoms with Crippen LogP contribution in [-0.4, -0.2) is 11.7 Å². The third-order valence-electron chi connectivity index (χ3n) is 2.51. The summed E-state index contributed by atoms with van der Waals surface area (Å²) in [6.07, 6.45) is 0.702. The molecule has 1 aromatic carbocycles. The van der Waals surface area contributed by atoms with Gasteiger partial charge in [0, 0.05) is 18.0 Å². The number of rotatable bonds is 2. The third-order valence-corrected chi connectivity index (χ3v) is 2.51. The maximum absolute atomic E-state index is 11.5. The average Bonchev–Trinajstić information content (AvgIpc) is 2.57. The highest BCUT2D eigenvalue weighted by molar-refractivity contribution is 5.95. The molecule has 84 valence electrons. The molecule has 0 unspecified atom stereocenters. The fourth-order valence-electron chi connectivity index (χ4n) is 1.57. The summed E-state index contributed by atoms with van der Waals surface area (Å²) in [6.45, 7) is 3.72. The van der Waals surface area contributed by atoms with Gasteiger partial charge in [0.25, 0.3) is 0 Å². The molecule has 0 fully saturated rings. The van der Waals surface area contributed by atoms with Gasteiger partial charge < -0.3 is 11.1 Å². The van der Waals surface area contributed by atoms with Crippen molar-refractivity contribution in [2.45, 2.75) is 20.3 Å². The van der Waals surface area contributed by atoms with Gasteiger partial charge in [0.1, 0.15) is 5.84 Å². The lowest BCUT2D eigenvalue weighted by Gasteiger charge is -2.08. The fourth-order valence-corrected chi connectivity index (χ4v) is 1.57. The van der Waals surface area contributed by atoms with Crippen molar-refractivity contribution >= 4 is 23.1 Å². The molecule has 4 heteroatoms. The Labute approximate surface area is 94.6 Å². The Morgan fingerprint density at radius 2 is 2.25 bits per heavy atom. The lowest BCUT2D eigenvalue weighted by molar-refractivity contribution is -0.118. The van der Waals surface area contributed by atoms with E-state index in [0.29, 0.717) is 12.3 Å². The van der Waals surface area contributed by atoms with E-state index in [9.17, 15) is 4.79 Å². The molecular weight excluding hydrogens is 202 g/mol. The van der Waals surface area contributed by atoms with Crippen molar-refractivity contribution in [3.8, 4) is 0 Å². The standard InChI is InChI=1S/C12H15N3O/c1-7(2)12(16)14-9-4-3-8-5-11(13)15-10(8)6-9/h3-4,6-7H,5H2,1-2H3,(H2,13,15)(H,14,16). The van der Waals surface area contributed by atoms with E-state index < -0.39 is 0 Å². The molecule has 0 aliphatic carbocycles. The van der Waals surface area contributed by atoms with Crippen LogP contribution in [0.3, 0.4) is 0 Å². The molecule has 0 radical (unpaired) electrons. The highest BCUT2D eigenvalue weighted by Gasteiger charge is 2.13. The van der Waals surface area contributed by atoms with Crippen LogP contribution in [0.1, 0.15) is 19.4 Å². The van der Waals surface area contributed by atoms with Crippen molar-refractivity contribution in [3.05, 3.63) is 23.8 Å². The van der Waals surface area contributed by atoms with E-state index in [1.807, 2.05) is 32.0 Å². The maximum atomic E-state index is 11.5. The Balaban J connectivity index is 2.19. The van der Waals surface area contributed by atoms with E-state index in [4.69, 9.17) is 5.73 Å². The summed E-state index contributed by atoms with van der Waals surface area (Å²) in [7, 11) is 0. The summed E-state index contributed by atoms with van der Waals surface area (Å²) in [4.78, 5) is 15.7. The van der Waals surface area contributed by atoms with Gasteiger partial charge >= 0.3 is 0 Å². The minimum atomic E-state index is -0.0261. The largest absolute Gasteiger partial charge is 0.387 e. The summed E-state index contributed by atoms with van der Waals surface area (Å²) in [5.41, 5.74) is 8.39. The summed E-state index contributed by atoms with van der Waals surface area (Å²) in [6, 6.07) is 5.69. The first-order valence-corrected chi connectivity index (χ1v) is 5.33. The van der Waals surface area contributed by atoms with E-state index in [0.717, 1.165) is 16.9 Å². The topological polar surface area (TPSA) is 67.5 Å². The molecule has 2 rings (SSSR count). The van der Waals surface area contributed by atoms with Gasteiger partial charge in [0.2, 0.25) is 5.91 Å². The Hall–Kier alpha value is -1.84. The highest BCUT2D eigenvalue weighted by Crippen LogP contribution is 2.28. The molecule has 1 aliphatic heterocycles. The van der Waals surface area contributed by atoms with Crippen LogP contribution in [0, 0.1) is 5.92 Å². The number of aliphatic imine (C=N–C) groups is 1. The van der Waals surface area contributed by atoms with Crippen LogP contribution < -0.4 is 11.1 Å². The average molecular weight is 217 g/mol. The third kappa shape index (κ3) is 2.05. The Kier molecular flexibility index (Phi) is 2.64. The molecule has 1 aromatic rings. The van der Waals surface area contributed by atoms with Crippen molar-refractivity contribution in [2.24, 2.45) is 16.6 Å². The molecule has 0 saturated heterocycles. The summed E-state index contributed by atoms with van der Waals surface area (Å²) < 4.78 is 0. The van der Waals surface area contributed by atoms with E-state index in [1.165, 1.54) is 0 Å². The van der Waals surface area contributed by atoms with Gasteiger partial charge in [-0.15, -0.1) is 0 Å². The van der Waals surface area contributed by atoms with Crippen LogP contribution in [0.5, 0.6) is 0 Å². The minimum Gasteiger partial charge on any atom is -0.387 e. The number of nitrogens with zero attached hydrogens (tertiary/aromatic N) is 1. The molecule has 0 aromatic heterocycles. The Morgan fingerprint density at radius 3 is 2.94 bits per heavy atom. The van der Waals surface area contributed by atoms with E-state index in [1.54, 1.807) is 0 Å². The number of carbonyl (C=O) groups excluding carboxylic acids is 1. The number of nitrogens with two attached hydrogens (primary N) is 1. The van der Waals surface area contributed by atoms with Gasteiger partial charge in [-0.3, -0.25) is 4.79 Å². The Bertz CT molecular complexity index is 463. The quantitative estimate of drug-likeness (QED) is 0.793. The first-order chi connectivity index (χ1) is 7.56. The lowest BCUT2D eigenvalue weighted by atomic mass is 10.1. The molecule has 16 heavy (non-hydrogen) atoms. The van der Waals surface area contributed by atoms with Gasteiger partial charge in [0.15, 0.2) is 0 Å². The Morgan fingerprint density at radius 1 is 1.50 bits per heavy atom. The SMILES string of the molecule is CC(C)C(=O)Nc1ccc2c(c1)N=C(N)C2. The first kappa shape index (κ1) is 10.7. The van der Waals surface area contributed by atoms with Crippen molar-refractivity contribution in [1.82, 2.24) is 0 Å². The number of hydrogen-bond donors (Lipinski definition) is 2. The predicted molar refractivity (Wildman–Crippen MR) is 64.9 cm³/mol. The molecule has 0 saturated carbocycles. The zero-order valence-electron chi connectivity index (χ0n) is 9.45. The molecule has 0 bridgehead atoms. The number of hydrogen-bond acceptors (Lipinski definition) is 3. The fraction of sp³-hybridized carbons (Fsp3) is 0.333. The second-order valence-electron chi connectivity index (χ2n) is 4.27. The van der Waals surface area contributed by atoms with Gasteiger partial charge in [-0.25, -0.2) is 4.99 Å². The normalized spacial score (nSPS) is 13.6. The summed E-state index contributed by atoms with van der Waals surface area (Å²) in [5, 5.41) is 2.84. The molecule has 0 spiro atoms. The minimum absolute atomic E-state index is 0.00917. The molecular formula is C12H15N3O. The number of benzene rings is 1. The van der Waals surface area contributed by atoms with Crippen molar-refractivity contribution in [1.29, 1.82) is 0 Å². The molecule has 1 aliphatic rings. The van der Waals surface area contributed by atoms with Crippen LogP contribution >= 0.6 is 0 Å². The zero-order valence-corrected chi connectivity index (χ0v) is 9.45. The van der Waals surface area contributed by atoms with Gasteiger partial charge in [-0.1, -0.05) is 19.9 Å². The van der Waals surface area contributed by atoms with Crippen LogP contribution in [0.15, 0.2) is 23.2 Å². The maximum Gasteiger partial charge on any atom is 0.226 e. The van der Waals surface area contributed by atoms with Crippen molar-refractivity contribution in [3.63, 3.8) is 0 Å². The highest BCUT2D eigenvalue weighted by atomic mass is 16.1. The smallest absolute Gasteiger partial charge is 0.226 e. The number of anilines is 1. The number of carbonyl (C=O) groups is 1. The molecule has 0 atom stereocenters. The number of fused-ring (bicyclic) bond motifs is 1. The number of amides is 1. The van der Waals surface area contributed by atoms with Gasteiger partial charge in [-0.05, 0) is 17.7 Å².